The molecule has 102 valence electrons. The van der Waals surface area contributed by atoms with Crippen LogP contribution in [-0.4, -0.2) is 42.4 Å². The highest BCUT2D eigenvalue weighted by atomic mass is 16.5. The molecule has 0 aromatic heterocycles. The minimum atomic E-state index is -0.838. The van der Waals surface area contributed by atoms with Gasteiger partial charge in [-0.2, -0.15) is 0 Å². The van der Waals surface area contributed by atoms with Crippen LogP contribution in [0.1, 0.15) is 32.1 Å². The van der Waals surface area contributed by atoms with Gasteiger partial charge in [-0.25, -0.2) is 4.79 Å². The maximum Gasteiger partial charge on any atom is 0.315 e. The fourth-order valence-corrected chi connectivity index (χ4v) is 2.32. The van der Waals surface area contributed by atoms with Gasteiger partial charge in [0.25, 0.3) is 0 Å². The average molecular weight is 256 g/mol. The normalized spacial score (nSPS) is 26.9. The molecule has 18 heavy (non-hydrogen) atoms. The first kappa shape index (κ1) is 13.1. The maximum atomic E-state index is 11.6. The molecule has 1 saturated carbocycles. The highest BCUT2D eigenvalue weighted by Gasteiger charge is 2.41. The zero-order chi connectivity index (χ0) is 13.0. The van der Waals surface area contributed by atoms with Gasteiger partial charge in [0.15, 0.2) is 0 Å². The molecule has 6 nitrogen and oxygen atoms in total. The van der Waals surface area contributed by atoms with E-state index in [0.29, 0.717) is 25.5 Å². The third-order valence-corrected chi connectivity index (χ3v) is 3.39. The molecule has 0 aromatic rings. The summed E-state index contributed by atoms with van der Waals surface area (Å²) < 4.78 is 5.63. The molecule has 1 heterocycles. The summed E-state index contributed by atoms with van der Waals surface area (Å²) in [6.07, 6.45) is 3.97. The van der Waals surface area contributed by atoms with Crippen molar-refractivity contribution in [2.75, 3.05) is 13.2 Å². The number of carbonyl (C=O) groups excluding carboxylic acids is 1. The zero-order valence-electron chi connectivity index (χ0n) is 10.4. The van der Waals surface area contributed by atoms with Crippen LogP contribution in [0.25, 0.3) is 0 Å². The fraction of sp³-hybridized carbons (Fsp3) is 0.833. The molecular formula is C12H20N2O4. The van der Waals surface area contributed by atoms with E-state index < -0.39 is 5.97 Å². The SMILES string of the molecule is O=C(O)CCCNC(=O)NC1CCOC1C1CC1. The second-order valence-corrected chi connectivity index (χ2v) is 4.97. The number of aliphatic carboxylic acids is 1. The van der Waals surface area contributed by atoms with Crippen molar-refractivity contribution in [1.82, 2.24) is 10.6 Å². The van der Waals surface area contributed by atoms with E-state index in [9.17, 15) is 9.59 Å². The van der Waals surface area contributed by atoms with Gasteiger partial charge in [-0.15, -0.1) is 0 Å². The molecule has 1 aliphatic carbocycles. The number of hydrogen-bond acceptors (Lipinski definition) is 3. The fourth-order valence-electron chi connectivity index (χ4n) is 2.32. The number of carbonyl (C=O) groups is 2. The van der Waals surface area contributed by atoms with E-state index in [1.165, 1.54) is 12.8 Å². The smallest absolute Gasteiger partial charge is 0.315 e. The monoisotopic (exact) mass is 256 g/mol. The van der Waals surface area contributed by atoms with Crippen LogP contribution in [0, 0.1) is 5.92 Å². The Morgan fingerprint density at radius 2 is 2.06 bits per heavy atom. The van der Waals surface area contributed by atoms with Crippen molar-refractivity contribution in [3.05, 3.63) is 0 Å². The minimum absolute atomic E-state index is 0.0809. The number of carboxylic acids is 1. The Kier molecular flexibility index (Phi) is 4.41. The standard InChI is InChI=1S/C12H20N2O4/c15-10(16)2-1-6-13-12(17)14-9-5-7-18-11(9)8-3-4-8/h8-9,11H,1-7H2,(H,15,16)(H2,13,14,17). The van der Waals surface area contributed by atoms with Crippen LogP contribution in [0.2, 0.25) is 0 Å². The van der Waals surface area contributed by atoms with Gasteiger partial charge in [-0.3, -0.25) is 4.79 Å². The first-order chi connectivity index (χ1) is 8.66. The van der Waals surface area contributed by atoms with Crippen LogP contribution in [0.15, 0.2) is 0 Å². The largest absolute Gasteiger partial charge is 0.481 e. The Balaban J connectivity index is 1.62. The van der Waals surface area contributed by atoms with Crippen LogP contribution >= 0.6 is 0 Å². The predicted octanol–water partition coefficient (Wildman–Crippen LogP) is 0.718. The van der Waals surface area contributed by atoms with E-state index in [2.05, 4.69) is 10.6 Å². The van der Waals surface area contributed by atoms with E-state index in [-0.39, 0.29) is 24.6 Å². The first-order valence-electron chi connectivity index (χ1n) is 6.54. The molecular weight excluding hydrogens is 236 g/mol. The molecule has 2 rings (SSSR count). The van der Waals surface area contributed by atoms with Gasteiger partial charge in [0, 0.05) is 19.6 Å². The predicted molar refractivity (Wildman–Crippen MR) is 64.3 cm³/mol. The Labute approximate surface area is 106 Å². The Bertz CT molecular complexity index is 317. The minimum Gasteiger partial charge on any atom is -0.481 e. The number of nitrogens with one attached hydrogen (secondary N) is 2. The van der Waals surface area contributed by atoms with E-state index in [4.69, 9.17) is 9.84 Å². The third-order valence-electron chi connectivity index (χ3n) is 3.39. The molecule has 6 heteroatoms. The van der Waals surface area contributed by atoms with Crippen molar-refractivity contribution < 1.29 is 19.4 Å². The number of ether oxygens (including phenoxy) is 1. The summed E-state index contributed by atoms with van der Waals surface area (Å²) in [6, 6.07) is -0.112. The van der Waals surface area contributed by atoms with Crippen molar-refractivity contribution in [1.29, 1.82) is 0 Å². The molecule has 3 N–H and O–H groups in total. The van der Waals surface area contributed by atoms with Gasteiger partial charge in [0.05, 0.1) is 12.1 Å². The molecule has 0 aromatic carbocycles. The zero-order valence-corrected chi connectivity index (χ0v) is 10.4. The van der Waals surface area contributed by atoms with Crippen molar-refractivity contribution in [3.8, 4) is 0 Å². The van der Waals surface area contributed by atoms with Crippen molar-refractivity contribution in [2.45, 2.75) is 44.2 Å². The summed E-state index contributed by atoms with van der Waals surface area (Å²) in [4.78, 5) is 21.9. The van der Waals surface area contributed by atoms with Crippen LogP contribution in [-0.2, 0) is 9.53 Å². The van der Waals surface area contributed by atoms with Gasteiger partial charge < -0.3 is 20.5 Å². The van der Waals surface area contributed by atoms with Gasteiger partial charge in [0.1, 0.15) is 0 Å². The van der Waals surface area contributed by atoms with Crippen molar-refractivity contribution in [3.63, 3.8) is 0 Å². The molecule has 2 atom stereocenters. The topological polar surface area (TPSA) is 87.7 Å². The van der Waals surface area contributed by atoms with Gasteiger partial charge >= 0.3 is 12.0 Å². The van der Waals surface area contributed by atoms with Crippen molar-refractivity contribution >= 4 is 12.0 Å². The number of rotatable bonds is 6. The molecule has 0 spiro atoms. The number of amides is 2. The second kappa shape index (κ2) is 6.04. The van der Waals surface area contributed by atoms with E-state index >= 15 is 0 Å². The Morgan fingerprint density at radius 1 is 1.28 bits per heavy atom. The molecule has 0 bridgehead atoms. The lowest BCUT2D eigenvalue weighted by Crippen LogP contribution is -2.46. The maximum absolute atomic E-state index is 11.6. The van der Waals surface area contributed by atoms with Gasteiger partial charge in [-0.05, 0) is 31.6 Å². The first-order valence-corrected chi connectivity index (χ1v) is 6.54. The van der Waals surface area contributed by atoms with Crippen molar-refractivity contribution in [2.24, 2.45) is 5.92 Å². The molecule has 2 aliphatic rings. The summed E-state index contributed by atoms with van der Waals surface area (Å²) in [5.41, 5.74) is 0. The second-order valence-electron chi connectivity index (χ2n) is 4.97. The van der Waals surface area contributed by atoms with Gasteiger partial charge in [0.2, 0.25) is 0 Å². The lowest BCUT2D eigenvalue weighted by atomic mass is 10.1. The quantitative estimate of drug-likeness (QED) is 0.611. The summed E-state index contributed by atoms with van der Waals surface area (Å²) in [7, 11) is 0. The number of urea groups is 1. The lowest BCUT2D eigenvalue weighted by Gasteiger charge is -2.19. The van der Waals surface area contributed by atoms with Crippen LogP contribution in [0.3, 0.4) is 0 Å². The Morgan fingerprint density at radius 3 is 2.72 bits per heavy atom. The number of carboxylic acid groups (broad SMARTS) is 1. The third kappa shape index (κ3) is 3.87. The van der Waals surface area contributed by atoms with E-state index in [1.807, 2.05) is 0 Å². The summed E-state index contributed by atoms with van der Waals surface area (Å²) in [6.45, 7) is 1.10. The molecule has 2 unspecified atom stereocenters. The molecule has 2 fully saturated rings. The average Bonchev–Trinajstić information content (AvgIpc) is 3.06. The molecule has 2 amide bonds. The molecule has 1 saturated heterocycles. The number of hydrogen-bond donors (Lipinski definition) is 3. The van der Waals surface area contributed by atoms with E-state index in [0.717, 1.165) is 6.42 Å². The Hall–Kier alpha value is -1.30. The van der Waals surface area contributed by atoms with Crippen LogP contribution in [0.4, 0.5) is 4.79 Å². The van der Waals surface area contributed by atoms with Crippen LogP contribution < -0.4 is 10.6 Å². The molecule has 1 aliphatic heterocycles. The van der Waals surface area contributed by atoms with Gasteiger partial charge in [-0.1, -0.05) is 0 Å². The summed E-state index contributed by atoms with van der Waals surface area (Å²) in [5.74, 6) is -0.222. The summed E-state index contributed by atoms with van der Waals surface area (Å²) >= 11 is 0. The summed E-state index contributed by atoms with van der Waals surface area (Å²) in [5, 5.41) is 14.1. The highest BCUT2D eigenvalue weighted by Crippen LogP contribution is 2.38. The highest BCUT2D eigenvalue weighted by molar-refractivity contribution is 5.74. The molecule has 0 radical (unpaired) electrons. The van der Waals surface area contributed by atoms with Crippen LogP contribution in [0.5, 0.6) is 0 Å². The van der Waals surface area contributed by atoms with E-state index in [1.54, 1.807) is 0 Å². The lowest BCUT2D eigenvalue weighted by molar-refractivity contribution is -0.137.